The molecule has 2 N–H and O–H groups in total. The van der Waals surface area contributed by atoms with Gasteiger partial charge in [-0.2, -0.15) is 15.4 Å². The molecule has 0 amide bonds. The van der Waals surface area contributed by atoms with Crippen LogP contribution >= 0.6 is 7.82 Å². The van der Waals surface area contributed by atoms with Gasteiger partial charge in [0.1, 0.15) is 0 Å². The van der Waals surface area contributed by atoms with Crippen molar-refractivity contribution in [3.05, 3.63) is 12.4 Å². The summed E-state index contributed by atoms with van der Waals surface area (Å²) in [5, 5.41) is 9.33. The van der Waals surface area contributed by atoms with Gasteiger partial charge in [0.05, 0.1) is 25.6 Å². The minimum atomic E-state index is -3.89. The zero-order valence-corrected chi connectivity index (χ0v) is 17.8. The van der Waals surface area contributed by atoms with Crippen molar-refractivity contribution in [2.75, 3.05) is 13.2 Å². The summed E-state index contributed by atoms with van der Waals surface area (Å²) in [7, 11) is -3.89. The van der Waals surface area contributed by atoms with Crippen molar-refractivity contribution < 1.29 is 18.5 Å². The van der Waals surface area contributed by atoms with Crippen molar-refractivity contribution in [3.63, 3.8) is 0 Å². The lowest BCUT2D eigenvalue weighted by Gasteiger charge is -2.20. The standard InChI is InChI=1S/C16H35O4P.C2H3N3/c1-5-9-11-15(7-3)13-19-21(17,18)20-14-16(8-4)12-10-6-2;1-2-4-5-3-1/h15-16H,5-14H2,1-4H3,(H,17,18);1-2H,(H,3,4,5). The molecular formula is C18H38N3O4P. The lowest BCUT2D eigenvalue weighted by Crippen LogP contribution is -2.12. The molecule has 2 unspecified atom stereocenters. The first-order valence-corrected chi connectivity index (χ1v) is 11.4. The predicted molar refractivity (Wildman–Crippen MR) is 105 cm³/mol. The van der Waals surface area contributed by atoms with Crippen LogP contribution in [0.1, 0.15) is 79.1 Å². The molecule has 0 aliphatic rings. The van der Waals surface area contributed by atoms with Gasteiger partial charge in [0.2, 0.25) is 0 Å². The molecule has 154 valence electrons. The summed E-state index contributed by atoms with van der Waals surface area (Å²) in [4.78, 5) is 9.77. The van der Waals surface area contributed by atoms with Crippen LogP contribution in [0.5, 0.6) is 0 Å². The highest BCUT2D eigenvalue weighted by molar-refractivity contribution is 7.47. The van der Waals surface area contributed by atoms with E-state index < -0.39 is 7.82 Å². The Kier molecular flexibility index (Phi) is 16.0. The van der Waals surface area contributed by atoms with E-state index in [4.69, 9.17) is 9.05 Å². The Morgan fingerprint density at radius 2 is 1.35 bits per heavy atom. The second kappa shape index (κ2) is 16.4. The van der Waals surface area contributed by atoms with E-state index in [1.54, 1.807) is 12.4 Å². The third-order valence-corrected chi connectivity index (χ3v) is 5.32. The maximum Gasteiger partial charge on any atom is 0.472 e. The molecule has 0 saturated carbocycles. The van der Waals surface area contributed by atoms with Crippen LogP contribution < -0.4 is 0 Å². The van der Waals surface area contributed by atoms with Crippen molar-refractivity contribution in [3.8, 4) is 0 Å². The molecule has 0 spiro atoms. The Morgan fingerprint density at radius 1 is 0.923 bits per heavy atom. The fourth-order valence-corrected chi connectivity index (χ4v) is 3.27. The molecule has 0 saturated heterocycles. The van der Waals surface area contributed by atoms with Gasteiger partial charge in [0.25, 0.3) is 0 Å². The second-order valence-corrected chi connectivity index (χ2v) is 8.00. The molecule has 0 aliphatic carbocycles. The number of hydrogen-bond acceptors (Lipinski definition) is 5. The largest absolute Gasteiger partial charge is 0.472 e. The number of unbranched alkanes of at least 4 members (excludes halogenated alkanes) is 2. The van der Waals surface area contributed by atoms with E-state index in [0.717, 1.165) is 51.4 Å². The SMILES string of the molecule is CCCCC(CC)COP(=O)(O)OCC(CC)CCCC.c1cn[nH]n1. The van der Waals surface area contributed by atoms with Gasteiger partial charge >= 0.3 is 7.82 Å². The average Bonchev–Trinajstić information content (AvgIpc) is 3.22. The lowest BCUT2D eigenvalue weighted by molar-refractivity contribution is 0.110. The van der Waals surface area contributed by atoms with Crippen LogP contribution in [0.15, 0.2) is 12.4 Å². The van der Waals surface area contributed by atoms with Crippen LogP contribution in [0.3, 0.4) is 0 Å². The van der Waals surface area contributed by atoms with E-state index in [9.17, 15) is 9.46 Å². The third kappa shape index (κ3) is 14.4. The van der Waals surface area contributed by atoms with Crippen molar-refractivity contribution in [2.45, 2.75) is 79.1 Å². The van der Waals surface area contributed by atoms with E-state index in [0.29, 0.717) is 25.0 Å². The minimum Gasteiger partial charge on any atom is -0.302 e. The van der Waals surface area contributed by atoms with E-state index in [1.165, 1.54) is 0 Å². The van der Waals surface area contributed by atoms with Crippen LogP contribution in [0, 0.1) is 11.8 Å². The van der Waals surface area contributed by atoms with Crippen molar-refractivity contribution in [1.82, 2.24) is 15.4 Å². The highest BCUT2D eigenvalue weighted by Gasteiger charge is 2.24. The van der Waals surface area contributed by atoms with Crippen LogP contribution in [-0.2, 0) is 13.6 Å². The van der Waals surface area contributed by atoms with Gasteiger partial charge in [0, 0.05) is 0 Å². The zero-order chi connectivity index (χ0) is 19.7. The van der Waals surface area contributed by atoms with Gasteiger partial charge < -0.3 is 4.89 Å². The van der Waals surface area contributed by atoms with Gasteiger partial charge in [-0.05, 0) is 24.7 Å². The molecule has 1 aromatic rings. The fraction of sp³-hybridized carbons (Fsp3) is 0.889. The molecule has 0 aliphatic heterocycles. The number of phosphoric ester groups is 1. The summed E-state index contributed by atoms with van der Waals surface area (Å²) in [6.45, 7) is 9.10. The number of nitrogens with zero attached hydrogens (tertiary/aromatic N) is 2. The Bertz CT molecular complexity index is 404. The van der Waals surface area contributed by atoms with Crippen LogP contribution in [0.2, 0.25) is 0 Å². The normalized spacial score (nSPS) is 15.6. The average molecular weight is 391 g/mol. The molecule has 26 heavy (non-hydrogen) atoms. The summed E-state index contributed by atoms with van der Waals surface area (Å²) in [5.74, 6) is 0.687. The minimum absolute atomic E-state index is 0.316. The number of aromatic amines is 1. The maximum atomic E-state index is 11.9. The Labute approximate surface area is 158 Å². The lowest BCUT2D eigenvalue weighted by atomic mass is 10.0. The monoisotopic (exact) mass is 391 g/mol. The third-order valence-electron chi connectivity index (χ3n) is 4.36. The molecule has 2 atom stereocenters. The molecule has 0 aromatic carbocycles. The first kappa shape index (κ1) is 25.2. The molecule has 0 bridgehead atoms. The predicted octanol–water partition coefficient (Wildman–Crippen LogP) is 5.36. The van der Waals surface area contributed by atoms with E-state index >= 15 is 0 Å². The molecular weight excluding hydrogens is 353 g/mol. The van der Waals surface area contributed by atoms with Gasteiger partial charge in [0.15, 0.2) is 0 Å². The number of H-pyrrole nitrogens is 1. The molecule has 1 rings (SSSR count). The number of aromatic nitrogens is 3. The van der Waals surface area contributed by atoms with Crippen molar-refractivity contribution >= 4 is 7.82 Å². The summed E-state index contributed by atoms with van der Waals surface area (Å²) < 4.78 is 22.2. The number of hydrogen-bond donors (Lipinski definition) is 2. The first-order valence-electron chi connectivity index (χ1n) is 9.90. The summed E-state index contributed by atoms with van der Waals surface area (Å²) in [5.41, 5.74) is 0. The summed E-state index contributed by atoms with van der Waals surface area (Å²) >= 11 is 0. The van der Waals surface area contributed by atoms with Gasteiger partial charge in [-0.25, -0.2) is 4.57 Å². The molecule has 1 aromatic heterocycles. The topological polar surface area (TPSA) is 97.3 Å². The van der Waals surface area contributed by atoms with Crippen molar-refractivity contribution in [1.29, 1.82) is 0 Å². The Balaban J connectivity index is 0.00000106. The van der Waals surface area contributed by atoms with Crippen molar-refractivity contribution in [2.24, 2.45) is 11.8 Å². The maximum absolute atomic E-state index is 11.9. The molecule has 0 fully saturated rings. The van der Waals surface area contributed by atoms with Crippen LogP contribution in [-0.4, -0.2) is 33.5 Å². The number of rotatable bonds is 14. The van der Waals surface area contributed by atoms with Crippen LogP contribution in [0.25, 0.3) is 0 Å². The number of phosphoric acid groups is 1. The summed E-state index contributed by atoms with van der Waals surface area (Å²) in [6, 6.07) is 0. The fourth-order valence-electron chi connectivity index (χ4n) is 2.40. The van der Waals surface area contributed by atoms with Gasteiger partial charge in [-0.3, -0.25) is 9.05 Å². The van der Waals surface area contributed by atoms with Gasteiger partial charge in [-0.15, -0.1) is 0 Å². The zero-order valence-electron chi connectivity index (χ0n) is 16.9. The second-order valence-electron chi connectivity index (χ2n) is 6.55. The van der Waals surface area contributed by atoms with E-state index in [1.807, 2.05) is 0 Å². The highest BCUT2D eigenvalue weighted by Crippen LogP contribution is 2.44. The van der Waals surface area contributed by atoms with Crippen LogP contribution in [0.4, 0.5) is 0 Å². The summed E-state index contributed by atoms with van der Waals surface area (Å²) in [6.07, 6.45) is 11.7. The highest BCUT2D eigenvalue weighted by atomic mass is 31.2. The Hall–Kier alpha value is -0.750. The number of nitrogens with one attached hydrogen (secondary N) is 1. The molecule has 0 radical (unpaired) electrons. The van der Waals surface area contributed by atoms with E-state index in [2.05, 4.69) is 43.1 Å². The molecule has 8 heteroatoms. The Morgan fingerprint density at radius 3 is 1.62 bits per heavy atom. The molecule has 1 heterocycles. The van der Waals surface area contributed by atoms with Gasteiger partial charge in [-0.1, -0.05) is 66.2 Å². The quantitative estimate of drug-likeness (QED) is 0.415. The van der Waals surface area contributed by atoms with E-state index in [-0.39, 0.29) is 0 Å². The molecule has 7 nitrogen and oxygen atoms in total. The smallest absolute Gasteiger partial charge is 0.302 e. The first-order chi connectivity index (χ1) is 12.5.